The van der Waals surface area contributed by atoms with Crippen LogP contribution in [0, 0.1) is 12.7 Å². The number of aryl methyl sites for hydroxylation is 1. The van der Waals surface area contributed by atoms with Crippen molar-refractivity contribution in [1.29, 1.82) is 0 Å². The molecule has 0 atom stereocenters. The number of aromatic hydroxyl groups is 1. The Morgan fingerprint density at radius 1 is 0.906 bits per heavy atom. The highest BCUT2D eigenvalue weighted by Crippen LogP contribution is 2.14. The van der Waals surface area contributed by atoms with Gasteiger partial charge in [0, 0.05) is 31.2 Å². The minimum atomic E-state index is -0.132. The third-order valence-electron chi connectivity index (χ3n) is 4.00. The highest BCUT2D eigenvalue weighted by molar-refractivity contribution is 6.30. The van der Waals surface area contributed by atoms with Crippen molar-refractivity contribution in [2.75, 3.05) is 26.2 Å². The molecule has 0 radical (unpaired) electrons. The van der Waals surface area contributed by atoms with Crippen molar-refractivity contribution in [3.63, 3.8) is 0 Å². The Balaban J connectivity index is 0.000000458. The molecule has 0 unspecified atom stereocenters. The zero-order chi connectivity index (χ0) is 24.2. The van der Waals surface area contributed by atoms with E-state index >= 15 is 0 Å². The topological polar surface area (TPSA) is 69.7 Å². The molecule has 0 aliphatic rings. The Bertz CT molecular complexity index is 791. The summed E-state index contributed by atoms with van der Waals surface area (Å²) in [6, 6.07) is 23.4. The highest BCUT2D eigenvalue weighted by Gasteiger charge is 2.03. The van der Waals surface area contributed by atoms with Crippen LogP contribution in [-0.2, 0) is 6.54 Å². The monoisotopic (exact) mass is 462 g/mol. The van der Waals surface area contributed by atoms with Crippen LogP contribution in [0.1, 0.15) is 25.0 Å². The summed E-state index contributed by atoms with van der Waals surface area (Å²) in [7, 11) is 0. The fraction of sp³-hybridized carbons (Fsp3) is 0.308. The van der Waals surface area contributed by atoms with E-state index in [0.29, 0.717) is 23.7 Å². The van der Waals surface area contributed by atoms with Crippen molar-refractivity contribution in [3.05, 3.63) is 101 Å². The lowest BCUT2D eigenvalue weighted by Crippen LogP contribution is -2.31. The van der Waals surface area contributed by atoms with E-state index in [1.54, 1.807) is 37.3 Å². The third-order valence-corrected chi connectivity index (χ3v) is 4.23. The van der Waals surface area contributed by atoms with E-state index in [2.05, 4.69) is 17.0 Å². The second-order valence-electron chi connectivity index (χ2n) is 6.50. The smallest absolute Gasteiger partial charge is 0.126 e. The zero-order valence-electron chi connectivity index (χ0n) is 19.2. The van der Waals surface area contributed by atoms with Gasteiger partial charge in [0.2, 0.25) is 0 Å². The van der Waals surface area contributed by atoms with Crippen molar-refractivity contribution in [1.82, 2.24) is 4.90 Å². The van der Waals surface area contributed by atoms with Crippen LogP contribution in [-0.4, -0.2) is 41.4 Å². The molecule has 0 amide bonds. The number of phenols is 1. The average Bonchev–Trinajstić information content (AvgIpc) is 2.79. The Labute approximate surface area is 197 Å². The molecule has 0 aliphatic heterocycles. The molecule has 0 saturated heterocycles. The predicted octanol–water partition coefficient (Wildman–Crippen LogP) is 5.65. The van der Waals surface area contributed by atoms with E-state index in [1.807, 2.05) is 38.1 Å². The second-order valence-corrected chi connectivity index (χ2v) is 6.94. The standard InChI is InChI=1S/C11H18N2O.C7H7F.C6H5ClO.C2H6/c12-6-7-13(8-9-14)10-11-4-2-1-3-5-11;1-6-4-2-3-5-7(6)8;7-5-2-1-3-6(8)4-5;1-2/h1-5,14H,6-10,12H2;2-5H,1H3;1-4,8H;1-2H3. The van der Waals surface area contributed by atoms with Gasteiger partial charge in [-0.05, 0) is 42.3 Å². The van der Waals surface area contributed by atoms with Crippen LogP contribution in [0.25, 0.3) is 0 Å². The van der Waals surface area contributed by atoms with E-state index in [0.717, 1.165) is 13.1 Å². The quantitative estimate of drug-likeness (QED) is 0.443. The Hall–Kier alpha value is -2.44. The molecule has 0 fully saturated rings. The number of nitrogens with two attached hydrogens (primary N) is 1. The number of halogens is 2. The zero-order valence-corrected chi connectivity index (χ0v) is 20.0. The third kappa shape index (κ3) is 14.5. The molecule has 4 N–H and O–H groups in total. The molecule has 0 saturated carbocycles. The van der Waals surface area contributed by atoms with Gasteiger partial charge in [-0.25, -0.2) is 4.39 Å². The Morgan fingerprint density at radius 3 is 1.97 bits per heavy atom. The van der Waals surface area contributed by atoms with Crippen LogP contribution in [0.5, 0.6) is 5.75 Å². The summed E-state index contributed by atoms with van der Waals surface area (Å²) >= 11 is 5.48. The van der Waals surface area contributed by atoms with Gasteiger partial charge in [0.05, 0.1) is 6.61 Å². The first-order valence-electron chi connectivity index (χ1n) is 10.7. The van der Waals surface area contributed by atoms with Gasteiger partial charge in [-0.1, -0.05) is 80.0 Å². The summed E-state index contributed by atoms with van der Waals surface area (Å²) in [5.74, 6) is 0.0741. The van der Waals surface area contributed by atoms with Crippen LogP contribution < -0.4 is 5.73 Å². The summed E-state index contributed by atoms with van der Waals surface area (Å²) < 4.78 is 12.3. The van der Waals surface area contributed by atoms with Crippen LogP contribution >= 0.6 is 11.6 Å². The second kappa shape index (κ2) is 19.3. The van der Waals surface area contributed by atoms with Crippen molar-refractivity contribution in [2.45, 2.75) is 27.3 Å². The van der Waals surface area contributed by atoms with Crippen LogP contribution in [0.15, 0.2) is 78.9 Å². The van der Waals surface area contributed by atoms with E-state index in [1.165, 1.54) is 17.7 Å². The summed E-state index contributed by atoms with van der Waals surface area (Å²) in [5.41, 5.74) is 7.45. The van der Waals surface area contributed by atoms with Gasteiger partial charge in [-0.15, -0.1) is 0 Å². The summed E-state index contributed by atoms with van der Waals surface area (Å²) in [6.07, 6.45) is 0. The lowest BCUT2D eigenvalue weighted by atomic mass is 10.2. The summed E-state index contributed by atoms with van der Waals surface area (Å²) in [4.78, 5) is 2.15. The van der Waals surface area contributed by atoms with Crippen LogP contribution in [0.4, 0.5) is 4.39 Å². The van der Waals surface area contributed by atoms with E-state index < -0.39 is 0 Å². The molecule has 0 bridgehead atoms. The first kappa shape index (κ1) is 29.6. The number of aliphatic hydroxyl groups is 1. The van der Waals surface area contributed by atoms with E-state index in [-0.39, 0.29) is 18.2 Å². The molecule has 3 aromatic carbocycles. The molecule has 176 valence electrons. The normalized spacial score (nSPS) is 9.50. The van der Waals surface area contributed by atoms with Gasteiger partial charge < -0.3 is 15.9 Å². The molecule has 32 heavy (non-hydrogen) atoms. The lowest BCUT2D eigenvalue weighted by Gasteiger charge is -2.20. The first-order valence-corrected chi connectivity index (χ1v) is 11.1. The predicted molar refractivity (Wildman–Crippen MR) is 133 cm³/mol. The maximum absolute atomic E-state index is 12.3. The van der Waals surface area contributed by atoms with Crippen molar-refractivity contribution >= 4 is 11.6 Å². The number of phenolic OH excluding ortho intramolecular Hbond substituents is 1. The van der Waals surface area contributed by atoms with E-state index in [4.69, 9.17) is 27.5 Å². The van der Waals surface area contributed by atoms with Gasteiger partial charge >= 0.3 is 0 Å². The fourth-order valence-corrected chi connectivity index (χ4v) is 2.65. The maximum atomic E-state index is 12.3. The van der Waals surface area contributed by atoms with Gasteiger partial charge in [0.25, 0.3) is 0 Å². The number of benzene rings is 3. The number of hydrogen-bond acceptors (Lipinski definition) is 4. The number of nitrogens with zero attached hydrogens (tertiary/aromatic N) is 1. The van der Waals surface area contributed by atoms with Gasteiger partial charge in [-0.3, -0.25) is 4.90 Å². The van der Waals surface area contributed by atoms with Gasteiger partial charge in [0.1, 0.15) is 11.6 Å². The van der Waals surface area contributed by atoms with Crippen LogP contribution in [0.3, 0.4) is 0 Å². The molecular formula is C26H36ClFN2O2. The average molecular weight is 463 g/mol. The molecular weight excluding hydrogens is 427 g/mol. The SMILES string of the molecule is CC.Cc1ccccc1F.NCCN(CCO)Cc1ccccc1.Oc1cccc(Cl)c1. The molecule has 0 heterocycles. The molecule has 0 aliphatic carbocycles. The molecule has 0 spiro atoms. The Kier molecular flexibility index (Phi) is 17.8. The molecule has 3 aromatic rings. The van der Waals surface area contributed by atoms with Crippen molar-refractivity contribution in [3.8, 4) is 5.75 Å². The summed E-state index contributed by atoms with van der Waals surface area (Å²) in [5, 5.41) is 18.1. The van der Waals surface area contributed by atoms with Gasteiger partial charge in [-0.2, -0.15) is 0 Å². The minimum Gasteiger partial charge on any atom is -0.508 e. The largest absolute Gasteiger partial charge is 0.508 e. The number of aliphatic hydroxyl groups excluding tert-OH is 1. The lowest BCUT2D eigenvalue weighted by molar-refractivity contribution is 0.194. The van der Waals surface area contributed by atoms with Gasteiger partial charge in [0.15, 0.2) is 0 Å². The fourth-order valence-electron chi connectivity index (χ4n) is 2.46. The minimum absolute atomic E-state index is 0.132. The summed E-state index contributed by atoms with van der Waals surface area (Å²) in [6.45, 7) is 8.94. The van der Waals surface area contributed by atoms with E-state index in [9.17, 15) is 4.39 Å². The van der Waals surface area contributed by atoms with Crippen LogP contribution in [0.2, 0.25) is 5.02 Å². The Morgan fingerprint density at radius 2 is 1.53 bits per heavy atom. The van der Waals surface area contributed by atoms with Crippen molar-refractivity contribution in [2.24, 2.45) is 5.73 Å². The first-order chi connectivity index (χ1) is 15.5. The van der Waals surface area contributed by atoms with Crippen molar-refractivity contribution < 1.29 is 14.6 Å². The molecule has 4 nitrogen and oxygen atoms in total. The molecule has 3 rings (SSSR count). The maximum Gasteiger partial charge on any atom is 0.126 e. The molecule has 6 heteroatoms. The molecule has 0 aromatic heterocycles. The number of hydrogen-bond donors (Lipinski definition) is 3. The number of rotatable bonds is 6. The highest BCUT2D eigenvalue weighted by atomic mass is 35.5.